The highest BCUT2D eigenvalue weighted by molar-refractivity contribution is 5.69. The lowest BCUT2D eigenvalue weighted by molar-refractivity contribution is -0.143. The number of hydrogen-bond donors (Lipinski definition) is 1. The smallest absolute Gasteiger partial charge is 0.305 e. The lowest BCUT2D eigenvalue weighted by Gasteiger charge is -2.45. The molecule has 0 amide bonds. The van der Waals surface area contributed by atoms with Crippen LogP contribution in [0, 0.1) is 0 Å². The number of nitrogens with zero attached hydrogens (tertiary/aromatic N) is 6. The first-order valence-corrected chi connectivity index (χ1v) is 10.9. The summed E-state index contributed by atoms with van der Waals surface area (Å²) < 4.78 is 5.23. The van der Waals surface area contributed by atoms with E-state index in [0.29, 0.717) is 31.1 Å². The predicted molar refractivity (Wildman–Crippen MR) is 118 cm³/mol. The van der Waals surface area contributed by atoms with Crippen LogP contribution in [0.2, 0.25) is 0 Å². The van der Waals surface area contributed by atoms with Crippen LogP contribution in [0.3, 0.4) is 0 Å². The second-order valence-electron chi connectivity index (χ2n) is 8.01. The molecule has 1 aliphatic rings. The lowest BCUT2D eigenvalue weighted by Crippen LogP contribution is -2.57. The number of hydrogen-bond acceptors (Lipinski definition) is 9. The number of anilines is 2. The van der Waals surface area contributed by atoms with Crippen LogP contribution in [0.5, 0.6) is 0 Å². The van der Waals surface area contributed by atoms with Gasteiger partial charge in [-0.2, -0.15) is 0 Å². The van der Waals surface area contributed by atoms with Gasteiger partial charge >= 0.3 is 5.97 Å². The predicted octanol–water partition coefficient (Wildman–Crippen LogP) is 2.31. The van der Waals surface area contributed by atoms with Gasteiger partial charge in [-0.05, 0) is 39.3 Å². The van der Waals surface area contributed by atoms with E-state index in [2.05, 4.69) is 38.6 Å². The molecular weight excluding hydrogens is 396 g/mol. The molecule has 0 saturated carbocycles. The maximum Gasteiger partial charge on any atom is 0.305 e. The van der Waals surface area contributed by atoms with Crippen LogP contribution in [0.15, 0.2) is 24.5 Å². The molecule has 0 spiro atoms. The van der Waals surface area contributed by atoms with E-state index in [-0.39, 0.29) is 18.1 Å². The van der Waals surface area contributed by atoms with Crippen LogP contribution in [0.1, 0.15) is 58.3 Å². The summed E-state index contributed by atoms with van der Waals surface area (Å²) in [5.41, 5.74) is 0. The van der Waals surface area contributed by atoms with Crippen molar-refractivity contribution in [2.24, 2.45) is 0 Å². The molecule has 0 aromatic carbocycles. The molecular formula is C22H32N6O3. The normalized spacial score (nSPS) is 19.9. The molecule has 1 aliphatic heterocycles. The minimum absolute atomic E-state index is 0.180. The average Bonchev–Trinajstić information content (AvgIpc) is 2.74. The largest absolute Gasteiger partial charge is 0.465 e. The molecule has 3 atom stereocenters. The summed E-state index contributed by atoms with van der Waals surface area (Å²) in [5, 5.41) is 9.79. The molecule has 3 heterocycles. The van der Waals surface area contributed by atoms with Gasteiger partial charge in [0.25, 0.3) is 0 Å². The Hall–Kier alpha value is -2.81. The highest BCUT2D eigenvalue weighted by Crippen LogP contribution is 2.26. The van der Waals surface area contributed by atoms with Gasteiger partial charge in [-0.3, -0.25) is 4.79 Å². The quantitative estimate of drug-likeness (QED) is 0.634. The first-order valence-electron chi connectivity index (χ1n) is 10.9. The summed E-state index contributed by atoms with van der Waals surface area (Å²) in [7, 11) is 0. The third-order valence-corrected chi connectivity index (χ3v) is 5.27. The van der Waals surface area contributed by atoms with E-state index in [1.807, 2.05) is 19.1 Å². The molecule has 1 unspecified atom stereocenters. The molecule has 31 heavy (non-hydrogen) atoms. The van der Waals surface area contributed by atoms with Crippen molar-refractivity contribution in [3.63, 3.8) is 0 Å². The van der Waals surface area contributed by atoms with Crippen LogP contribution >= 0.6 is 0 Å². The zero-order valence-electron chi connectivity index (χ0n) is 18.7. The average molecular weight is 429 g/mol. The fraction of sp³-hybridized carbons (Fsp3) is 0.591. The first kappa shape index (κ1) is 22.9. The molecule has 1 saturated heterocycles. The van der Waals surface area contributed by atoms with Gasteiger partial charge in [0, 0.05) is 50.4 Å². The van der Waals surface area contributed by atoms with Crippen molar-refractivity contribution in [1.29, 1.82) is 0 Å². The number of esters is 1. The van der Waals surface area contributed by atoms with Crippen LogP contribution in [-0.2, 0) is 16.0 Å². The molecule has 9 heteroatoms. The van der Waals surface area contributed by atoms with E-state index in [9.17, 15) is 9.90 Å². The number of piperazine rings is 1. The Kier molecular flexibility index (Phi) is 7.73. The third kappa shape index (κ3) is 5.88. The van der Waals surface area contributed by atoms with Crippen LogP contribution in [0.25, 0.3) is 0 Å². The fourth-order valence-electron chi connectivity index (χ4n) is 3.89. The summed E-state index contributed by atoms with van der Waals surface area (Å²) in [6.45, 7) is 9.78. The Balaban J connectivity index is 1.66. The zero-order chi connectivity index (χ0) is 22.4. The van der Waals surface area contributed by atoms with Gasteiger partial charge < -0.3 is 19.6 Å². The van der Waals surface area contributed by atoms with Crippen molar-refractivity contribution in [1.82, 2.24) is 19.9 Å². The van der Waals surface area contributed by atoms with E-state index in [0.717, 1.165) is 31.1 Å². The number of rotatable bonds is 8. The molecule has 3 rings (SSSR count). The van der Waals surface area contributed by atoms with Gasteiger partial charge in [-0.1, -0.05) is 6.92 Å². The van der Waals surface area contributed by atoms with E-state index in [1.165, 1.54) is 0 Å². The molecule has 0 radical (unpaired) electrons. The van der Waals surface area contributed by atoms with Crippen LogP contribution in [-0.4, -0.2) is 62.8 Å². The molecule has 9 nitrogen and oxygen atoms in total. The van der Waals surface area contributed by atoms with Crippen LogP contribution in [0.4, 0.5) is 11.6 Å². The molecule has 1 fully saturated rings. The molecule has 0 bridgehead atoms. The minimum atomic E-state index is -0.697. The topological polar surface area (TPSA) is 105 Å². The van der Waals surface area contributed by atoms with Gasteiger partial charge in [0.05, 0.1) is 6.61 Å². The van der Waals surface area contributed by atoms with Crippen molar-refractivity contribution < 1.29 is 14.6 Å². The van der Waals surface area contributed by atoms with Crippen molar-refractivity contribution in [3.8, 4) is 0 Å². The summed E-state index contributed by atoms with van der Waals surface area (Å²) in [5.74, 6) is 2.61. The van der Waals surface area contributed by atoms with Gasteiger partial charge in [-0.25, -0.2) is 19.9 Å². The molecule has 1 N–H and O–H groups in total. The van der Waals surface area contributed by atoms with E-state index < -0.39 is 6.10 Å². The number of aliphatic hydroxyl groups is 1. The third-order valence-electron chi connectivity index (χ3n) is 5.27. The molecule has 2 aromatic rings. The van der Waals surface area contributed by atoms with Crippen molar-refractivity contribution >= 4 is 17.6 Å². The highest BCUT2D eigenvalue weighted by Gasteiger charge is 2.31. The summed E-state index contributed by atoms with van der Waals surface area (Å²) >= 11 is 0. The van der Waals surface area contributed by atoms with Gasteiger partial charge in [-0.15, -0.1) is 0 Å². The molecule has 168 valence electrons. The Morgan fingerprint density at radius 2 is 1.84 bits per heavy atom. The number of carbonyl (C=O) groups is 1. The van der Waals surface area contributed by atoms with E-state index >= 15 is 0 Å². The van der Waals surface area contributed by atoms with Crippen molar-refractivity contribution in [3.05, 3.63) is 36.2 Å². The number of aliphatic hydroxyl groups excluding tert-OH is 1. The standard InChI is InChI=1S/C22H32N6O3/c1-5-6-21(30)31-12-9-18-23-10-8-20(25-18)28-15(2)13-27(14-16(28)3)19-7-11-24-22(26-19)17(4)29/h7-8,10-11,15-17,29H,5-6,9,12-14H2,1-4H3/t15-,16+,17?. The highest BCUT2D eigenvalue weighted by atomic mass is 16.5. The van der Waals surface area contributed by atoms with Gasteiger partial charge in [0.2, 0.25) is 0 Å². The summed E-state index contributed by atoms with van der Waals surface area (Å²) in [4.78, 5) is 33.8. The van der Waals surface area contributed by atoms with E-state index in [4.69, 9.17) is 9.72 Å². The monoisotopic (exact) mass is 428 g/mol. The second kappa shape index (κ2) is 10.5. The Morgan fingerprint density at radius 3 is 2.52 bits per heavy atom. The number of ether oxygens (including phenoxy) is 1. The Bertz CT molecular complexity index is 866. The van der Waals surface area contributed by atoms with E-state index in [1.54, 1.807) is 19.3 Å². The van der Waals surface area contributed by atoms with Crippen molar-refractivity contribution in [2.45, 2.75) is 65.1 Å². The fourth-order valence-corrected chi connectivity index (χ4v) is 3.89. The Labute approximate surface area is 183 Å². The number of carbonyl (C=O) groups excluding carboxylic acids is 1. The SMILES string of the molecule is CCCC(=O)OCCc1nccc(N2[C@H](C)CN(c3ccnc(C(C)O)n3)C[C@@H]2C)n1. The molecule has 2 aromatic heterocycles. The number of aromatic nitrogens is 4. The van der Waals surface area contributed by atoms with Gasteiger partial charge in [0.15, 0.2) is 5.82 Å². The second-order valence-corrected chi connectivity index (χ2v) is 8.01. The van der Waals surface area contributed by atoms with Gasteiger partial charge in [0.1, 0.15) is 23.6 Å². The maximum absolute atomic E-state index is 11.5. The zero-order valence-corrected chi connectivity index (χ0v) is 18.7. The minimum Gasteiger partial charge on any atom is -0.465 e. The first-order chi connectivity index (χ1) is 14.9. The van der Waals surface area contributed by atoms with Crippen molar-refractivity contribution in [2.75, 3.05) is 29.5 Å². The summed E-state index contributed by atoms with van der Waals surface area (Å²) in [6, 6.07) is 4.19. The van der Waals surface area contributed by atoms with Crippen LogP contribution < -0.4 is 9.80 Å². The molecule has 0 aliphatic carbocycles. The maximum atomic E-state index is 11.5. The Morgan fingerprint density at radius 1 is 1.16 bits per heavy atom. The summed E-state index contributed by atoms with van der Waals surface area (Å²) in [6.07, 6.45) is 4.46. The lowest BCUT2D eigenvalue weighted by atomic mass is 10.1.